The summed E-state index contributed by atoms with van der Waals surface area (Å²) in [6, 6.07) is 15.6. The molecule has 3 aromatic rings. The largest absolute Gasteiger partial charge is 0.382 e. The molecule has 1 amide bonds. The van der Waals surface area contributed by atoms with Crippen LogP contribution < -0.4 is 16.2 Å². The fourth-order valence-corrected chi connectivity index (χ4v) is 4.26. The van der Waals surface area contributed by atoms with E-state index in [1.54, 1.807) is 6.07 Å². The molecule has 1 aliphatic carbocycles. The highest BCUT2D eigenvalue weighted by molar-refractivity contribution is 7.71. The summed E-state index contributed by atoms with van der Waals surface area (Å²) in [5, 5.41) is 7.02. The van der Waals surface area contributed by atoms with Crippen molar-refractivity contribution < 1.29 is 4.79 Å². The molecule has 0 aliphatic heterocycles. The number of hydrogen-bond acceptors (Lipinski definition) is 4. The summed E-state index contributed by atoms with van der Waals surface area (Å²) in [4.78, 5) is 28.1. The van der Waals surface area contributed by atoms with Gasteiger partial charge in [0, 0.05) is 30.4 Å². The number of nitrogens with zero attached hydrogens (tertiary/aromatic N) is 1. The van der Waals surface area contributed by atoms with Crippen molar-refractivity contribution >= 4 is 40.4 Å². The number of amides is 1. The number of carbonyl (C=O) groups excluding carboxylic acids is 1. The van der Waals surface area contributed by atoms with Crippen LogP contribution in [0, 0.1) is 4.77 Å². The van der Waals surface area contributed by atoms with Gasteiger partial charge in [-0.15, -0.1) is 0 Å². The molecule has 0 spiro atoms. The number of carbonyl (C=O) groups is 1. The number of nitrogens with one attached hydrogen (secondary N) is 3. The highest BCUT2D eigenvalue weighted by Crippen LogP contribution is 2.22. The molecule has 1 saturated carbocycles. The molecule has 0 radical (unpaired) electrons. The van der Waals surface area contributed by atoms with E-state index in [9.17, 15) is 9.59 Å². The van der Waals surface area contributed by atoms with E-state index in [2.05, 4.69) is 15.6 Å². The third kappa shape index (κ3) is 4.79. The lowest BCUT2D eigenvalue weighted by atomic mass is 9.95. The van der Waals surface area contributed by atoms with Gasteiger partial charge in [-0.25, -0.2) is 0 Å². The van der Waals surface area contributed by atoms with Crippen LogP contribution in [-0.4, -0.2) is 21.5 Å². The van der Waals surface area contributed by atoms with E-state index in [0.29, 0.717) is 21.7 Å². The zero-order valence-corrected chi connectivity index (χ0v) is 17.6. The normalized spacial score (nSPS) is 14.5. The molecule has 0 saturated heterocycles. The number of aromatic nitrogens is 2. The SMILES string of the molecule is O=C(CCn1c(=S)[nH]c2ccccc2c1=O)Nc1ccc(NC2CCCCC2)cc1. The van der Waals surface area contributed by atoms with Gasteiger partial charge < -0.3 is 15.6 Å². The van der Waals surface area contributed by atoms with E-state index in [-0.39, 0.29) is 24.4 Å². The fraction of sp³-hybridized carbons (Fsp3) is 0.348. The second-order valence-corrected chi connectivity index (χ2v) is 8.17. The first-order valence-electron chi connectivity index (χ1n) is 10.5. The second-order valence-electron chi connectivity index (χ2n) is 7.79. The van der Waals surface area contributed by atoms with Crippen molar-refractivity contribution in [2.45, 2.75) is 51.1 Å². The van der Waals surface area contributed by atoms with Gasteiger partial charge in [0.1, 0.15) is 0 Å². The van der Waals surface area contributed by atoms with Gasteiger partial charge >= 0.3 is 0 Å². The lowest BCUT2D eigenvalue weighted by Crippen LogP contribution is -2.25. The summed E-state index contributed by atoms with van der Waals surface area (Å²) < 4.78 is 1.76. The molecule has 3 N–H and O–H groups in total. The molecule has 156 valence electrons. The predicted molar refractivity (Wildman–Crippen MR) is 124 cm³/mol. The fourth-order valence-electron chi connectivity index (χ4n) is 3.97. The molecule has 1 aromatic heterocycles. The summed E-state index contributed by atoms with van der Waals surface area (Å²) >= 11 is 5.30. The number of fused-ring (bicyclic) bond motifs is 1. The van der Waals surface area contributed by atoms with Crippen molar-refractivity contribution in [3.63, 3.8) is 0 Å². The van der Waals surface area contributed by atoms with Crippen LogP contribution in [0.1, 0.15) is 38.5 Å². The molecule has 2 aromatic carbocycles. The first kappa shape index (κ1) is 20.3. The molecule has 1 aliphatic rings. The molecule has 0 unspecified atom stereocenters. The summed E-state index contributed by atoms with van der Waals surface area (Å²) in [5.74, 6) is -0.155. The highest BCUT2D eigenvalue weighted by atomic mass is 32.1. The molecule has 6 nitrogen and oxygen atoms in total. The Morgan fingerprint density at radius 2 is 1.73 bits per heavy atom. The molecule has 7 heteroatoms. The van der Waals surface area contributed by atoms with Crippen LogP contribution in [-0.2, 0) is 11.3 Å². The summed E-state index contributed by atoms with van der Waals surface area (Å²) in [6.45, 7) is 0.228. The van der Waals surface area contributed by atoms with Gasteiger partial charge in [-0.3, -0.25) is 14.2 Å². The number of para-hydroxylation sites is 1. The average Bonchev–Trinajstić information content (AvgIpc) is 2.76. The standard InChI is InChI=1S/C23H26N4O2S/c28-21(14-15-27-22(29)19-8-4-5-9-20(19)26-23(27)30)25-18-12-10-17(11-13-18)24-16-6-2-1-3-7-16/h4-5,8-13,16,24H,1-3,6-7,14-15H2,(H,25,28)(H,26,30). The molecule has 0 bridgehead atoms. The first-order valence-corrected chi connectivity index (χ1v) is 10.9. The topological polar surface area (TPSA) is 78.9 Å². The minimum Gasteiger partial charge on any atom is -0.382 e. The zero-order valence-electron chi connectivity index (χ0n) is 16.8. The Balaban J connectivity index is 1.35. The van der Waals surface area contributed by atoms with Gasteiger partial charge in [-0.2, -0.15) is 0 Å². The maximum Gasteiger partial charge on any atom is 0.262 e. The van der Waals surface area contributed by atoms with Crippen molar-refractivity contribution in [1.29, 1.82) is 0 Å². The van der Waals surface area contributed by atoms with Gasteiger partial charge in [0.15, 0.2) is 4.77 Å². The third-order valence-corrected chi connectivity index (χ3v) is 5.92. The van der Waals surface area contributed by atoms with Gasteiger partial charge in [0.05, 0.1) is 10.9 Å². The molecule has 30 heavy (non-hydrogen) atoms. The Kier molecular flexibility index (Phi) is 6.28. The van der Waals surface area contributed by atoms with Crippen molar-refractivity contribution in [1.82, 2.24) is 9.55 Å². The first-order chi connectivity index (χ1) is 14.6. The van der Waals surface area contributed by atoms with Crippen LogP contribution in [0.3, 0.4) is 0 Å². The van der Waals surface area contributed by atoms with Crippen LogP contribution in [0.2, 0.25) is 0 Å². The van der Waals surface area contributed by atoms with Crippen molar-refractivity contribution in [2.75, 3.05) is 10.6 Å². The minimum atomic E-state index is -0.180. The maximum atomic E-state index is 12.7. The number of aromatic amines is 1. The number of benzene rings is 2. The van der Waals surface area contributed by atoms with Gasteiger partial charge in [0.2, 0.25) is 5.91 Å². The number of anilines is 2. The third-order valence-electron chi connectivity index (χ3n) is 5.60. The zero-order chi connectivity index (χ0) is 20.9. The summed E-state index contributed by atoms with van der Waals surface area (Å²) in [5.41, 5.74) is 2.34. The molecule has 1 fully saturated rings. The maximum absolute atomic E-state index is 12.7. The predicted octanol–water partition coefficient (Wildman–Crippen LogP) is 4.83. The van der Waals surface area contributed by atoms with Crippen LogP contribution in [0.15, 0.2) is 53.3 Å². The molecule has 1 heterocycles. The second kappa shape index (κ2) is 9.26. The average molecular weight is 423 g/mol. The lowest BCUT2D eigenvalue weighted by Gasteiger charge is -2.23. The molecular weight excluding hydrogens is 396 g/mol. The minimum absolute atomic E-state index is 0.155. The van der Waals surface area contributed by atoms with Crippen molar-refractivity contribution in [3.8, 4) is 0 Å². The Morgan fingerprint density at radius 3 is 2.50 bits per heavy atom. The smallest absolute Gasteiger partial charge is 0.262 e. The molecule has 4 rings (SSSR count). The van der Waals surface area contributed by atoms with E-state index in [4.69, 9.17) is 12.2 Å². The van der Waals surface area contributed by atoms with E-state index in [0.717, 1.165) is 11.4 Å². The Bertz CT molecular complexity index is 1140. The van der Waals surface area contributed by atoms with Gasteiger partial charge in [-0.1, -0.05) is 31.4 Å². The Morgan fingerprint density at radius 1 is 1.03 bits per heavy atom. The number of hydrogen-bond donors (Lipinski definition) is 3. The van der Waals surface area contributed by atoms with E-state index < -0.39 is 0 Å². The van der Waals surface area contributed by atoms with Crippen LogP contribution in [0.25, 0.3) is 10.9 Å². The Hall–Kier alpha value is -2.93. The quantitative estimate of drug-likeness (QED) is 0.497. The lowest BCUT2D eigenvalue weighted by molar-refractivity contribution is -0.116. The van der Waals surface area contributed by atoms with Crippen LogP contribution in [0.5, 0.6) is 0 Å². The molecular formula is C23H26N4O2S. The monoisotopic (exact) mass is 422 g/mol. The van der Waals surface area contributed by atoms with E-state index in [1.165, 1.54) is 36.7 Å². The highest BCUT2D eigenvalue weighted by Gasteiger charge is 2.13. The van der Waals surface area contributed by atoms with E-state index >= 15 is 0 Å². The van der Waals surface area contributed by atoms with E-state index in [1.807, 2.05) is 42.5 Å². The Labute approximate surface area is 180 Å². The van der Waals surface area contributed by atoms with Crippen molar-refractivity contribution in [3.05, 3.63) is 63.7 Å². The molecule has 0 atom stereocenters. The van der Waals surface area contributed by atoms with Gasteiger partial charge in [0.25, 0.3) is 5.56 Å². The number of H-pyrrole nitrogens is 1. The van der Waals surface area contributed by atoms with Crippen LogP contribution >= 0.6 is 12.2 Å². The summed E-state index contributed by atoms with van der Waals surface area (Å²) in [7, 11) is 0. The van der Waals surface area contributed by atoms with Crippen molar-refractivity contribution in [2.24, 2.45) is 0 Å². The number of rotatable bonds is 6. The summed E-state index contributed by atoms with van der Waals surface area (Å²) in [6.07, 6.45) is 6.51. The van der Waals surface area contributed by atoms with Gasteiger partial charge in [-0.05, 0) is 61.5 Å². The van der Waals surface area contributed by atoms with Crippen LogP contribution in [0.4, 0.5) is 11.4 Å².